The van der Waals surface area contributed by atoms with E-state index in [1.165, 1.54) is 0 Å². The fraction of sp³-hybridized carbons (Fsp3) is 0.781. The van der Waals surface area contributed by atoms with Gasteiger partial charge in [-0.25, -0.2) is 13.1 Å². The Bertz CT molecular complexity index is 1380. The summed E-state index contributed by atoms with van der Waals surface area (Å²) in [7, 11) is -7.68. The number of hydrogen-bond acceptors (Lipinski definition) is 6. The van der Waals surface area contributed by atoms with Gasteiger partial charge in [-0.1, -0.05) is 31.5 Å². The van der Waals surface area contributed by atoms with Gasteiger partial charge in [-0.05, 0) is 124 Å². The Labute approximate surface area is 257 Å². The normalized spacial score (nSPS) is 37.7. The Morgan fingerprint density at radius 2 is 1.63 bits per heavy atom. The van der Waals surface area contributed by atoms with Gasteiger partial charge in [0, 0.05) is 19.0 Å². The van der Waals surface area contributed by atoms with E-state index in [1.54, 1.807) is 12.1 Å². The number of amides is 1. The quantitative estimate of drug-likeness (QED) is 0.277. The molecule has 0 aromatic heterocycles. The zero-order chi connectivity index (χ0) is 31.2. The van der Waals surface area contributed by atoms with Crippen LogP contribution < -0.4 is 10.0 Å². The van der Waals surface area contributed by atoms with E-state index >= 15 is 0 Å². The van der Waals surface area contributed by atoms with E-state index in [2.05, 4.69) is 23.9 Å². The number of fused-ring (bicyclic) bond motifs is 5. The highest BCUT2D eigenvalue weighted by Gasteiger charge is 2.62. The van der Waals surface area contributed by atoms with Gasteiger partial charge in [0.15, 0.2) is 0 Å². The predicted molar refractivity (Wildman–Crippen MR) is 165 cm³/mol. The molecule has 0 bridgehead atoms. The first kappa shape index (κ1) is 32.9. The lowest BCUT2D eigenvalue weighted by molar-refractivity contribution is -0.164. The highest BCUT2D eigenvalue weighted by molar-refractivity contribution is 7.89. The largest absolute Gasteiger partial charge is 0.393 e. The first-order valence-corrected chi connectivity index (χ1v) is 19.2. The molecular formula is C32H50N2O7S2. The summed E-state index contributed by atoms with van der Waals surface area (Å²) in [6.07, 6.45) is 9.29. The first-order valence-electron chi connectivity index (χ1n) is 16.1. The molecule has 1 aromatic rings. The van der Waals surface area contributed by atoms with Crippen molar-refractivity contribution in [3.8, 4) is 0 Å². The second-order valence-electron chi connectivity index (χ2n) is 14.5. The number of rotatable bonds is 10. The lowest BCUT2D eigenvalue weighted by Gasteiger charge is -2.62. The zero-order valence-corrected chi connectivity index (χ0v) is 27.4. The molecule has 0 radical (unpaired) electrons. The third-order valence-corrected chi connectivity index (χ3v) is 14.4. The molecule has 11 heteroatoms. The van der Waals surface area contributed by atoms with Gasteiger partial charge in [-0.2, -0.15) is 8.42 Å². The van der Waals surface area contributed by atoms with Crippen LogP contribution in [0.15, 0.2) is 29.2 Å². The minimum atomic E-state index is -4.09. The molecule has 4 N–H and O–H groups in total. The average Bonchev–Trinajstić information content (AvgIpc) is 3.25. The number of aliphatic hydroxyl groups is 1. The van der Waals surface area contributed by atoms with Crippen LogP contribution in [0.5, 0.6) is 0 Å². The highest BCUT2D eigenvalue weighted by Crippen LogP contribution is 2.68. The topological polar surface area (TPSA) is 150 Å². The molecule has 4 aliphatic rings. The number of sulfonamides is 1. The minimum Gasteiger partial charge on any atom is -0.393 e. The summed E-state index contributed by atoms with van der Waals surface area (Å²) < 4.78 is 59.8. The lowest BCUT2D eigenvalue weighted by atomic mass is 9.44. The van der Waals surface area contributed by atoms with E-state index in [1.807, 2.05) is 19.1 Å². The van der Waals surface area contributed by atoms with Crippen LogP contribution in [-0.4, -0.2) is 56.8 Å². The second kappa shape index (κ2) is 12.3. The minimum absolute atomic E-state index is 0.0824. The molecule has 4 fully saturated rings. The standard InChI is InChI=1S/C32H50N2O7S2/c1-21-7-10-25(11-8-21)43(40,41)34-24-13-15-32(3)23(19-24)20-28(35)30-26-12-9-22(31(26,2)16-14-27(30)32)5-4-6-29(36)33-17-18-42(37,38)39/h7-8,10-11,22-24,26-28,30,34-35H,4-6,9,12-20H2,1-3H3,(H,33,36)(H,37,38,39)/t22-,23?,24+,26-,27-,28-,30-,31+,32-/m0/s1. The average molecular weight is 639 g/mol. The summed E-state index contributed by atoms with van der Waals surface area (Å²) in [5.74, 6) is 1.25. The predicted octanol–water partition coefficient (Wildman–Crippen LogP) is 4.45. The third-order valence-electron chi connectivity index (χ3n) is 12.2. The van der Waals surface area contributed by atoms with Crippen LogP contribution in [0, 0.1) is 47.3 Å². The summed E-state index contributed by atoms with van der Waals surface area (Å²) in [6, 6.07) is 6.85. The van der Waals surface area contributed by atoms with Crippen LogP contribution >= 0.6 is 0 Å². The van der Waals surface area contributed by atoms with Gasteiger partial charge in [-0.15, -0.1) is 0 Å². The van der Waals surface area contributed by atoms with Gasteiger partial charge < -0.3 is 10.4 Å². The summed E-state index contributed by atoms with van der Waals surface area (Å²) in [5.41, 5.74) is 1.25. The molecule has 43 heavy (non-hydrogen) atoms. The van der Waals surface area contributed by atoms with Crippen LogP contribution in [0.25, 0.3) is 0 Å². The molecule has 9 nitrogen and oxygen atoms in total. The van der Waals surface area contributed by atoms with Crippen molar-refractivity contribution in [1.29, 1.82) is 0 Å². The van der Waals surface area contributed by atoms with Crippen molar-refractivity contribution >= 4 is 26.0 Å². The zero-order valence-electron chi connectivity index (χ0n) is 25.8. The summed E-state index contributed by atoms with van der Waals surface area (Å²) >= 11 is 0. The Morgan fingerprint density at radius 1 is 0.953 bits per heavy atom. The fourth-order valence-corrected chi connectivity index (χ4v) is 11.5. The number of carbonyl (C=O) groups excluding carboxylic acids is 1. The second-order valence-corrected chi connectivity index (χ2v) is 17.8. The molecule has 1 amide bonds. The molecule has 0 heterocycles. The Balaban J connectivity index is 1.19. The van der Waals surface area contributed by atoms with Crippen molar-refractivity contribution in [3.63, 3.8) is 0 Å². The van der Waals surface area contributed by atoms with E-state index < -0.39 is 25.9 Å². The molecule has 242 valence electrons. The molecule has 0 aliphatic heterocycles. The Morgan fingerprint density at radius 3 is 2.33 bits per heavy atom. The molecule has 9 atom stereocenters. The van der Waals surface area contributed by atoms with Crippen LogP contribution in [-0.2, 0) is 24.9 Å². The van der Waals surface area contributed by atoms with Crippen LogP contribution in [0.3, 0.4) is 0 Å². The fourth-order valence-electron chi connectivity index (χ4n) is 9.83. The Hall–Kier alpha value is -1.53. The van der Waals surface area contributed by atoms with E-state index in [0.29, 0.717) is 29.1 Å². The van der Waals surface area contributed by atoms with Gasteiger partial charge in [0.05, 0.1) is 16.8 Å². The number of carbonyl (C=O) groups is 1. The molecule has 5 rings (SSSR count). The molecule has 0 saturated heterocycles. The van der Waals surface area contributed by atoms with Crippen molar-refractivity contribution in [2.24, 2.45) is 40.4 Å². The van der Waals surface area contributed by atoms with E-state index in [4.69, 9.17) is 4.55 Å². The maximum atomic E-state index is 13.1. The van der Waals surface area contributed by atoms with Crippen LogP contribution in [0.4, 0.5) is 0 Å². The summed E-state index contributed by atoms with van der Waals surface area (Å²) in [4.78, 5) is 12.5. The smallest absolute Gasteiger partial charge is 0.266 e. The van der Waals surface area contributed by atoms with E-state index in [0.717, 1.165) is 69.8 Å². The molecule has 4 aliphatic carbocycles. The number of nitrogens with one attached hydrogen (secondary N) is 2. The van der Waals surface area contributed by atoms with Gasteiger partial charge in [0.1, 0.15) is 0 Å². The maximum Gasteiger partial charge on any atom is 0.266 e. The lowest BCUT2D eigenvalue weighted by Crippen LogP contribution is -2.59. The summed E-state index contributed by atoms with van der Waals surface area (Å²) in [5, 5.41) is 14.2. The van der Waals surface area contributed by atoms with Crippen molar-refractivity contribution in [3.05, 3.63) is 29.8 Å². The Kier molecular flexibility index (Phi) is 9.43. The van der Waals surface area contributed by atoms with Crippen molar-refractivity contribution in [1.82, 2.24) is 10.0 Å². The van der Waals surface area contributed by atoms with Crippen LogP contribution in [0.2, 0.25) is 0 Å². The third kappa shape index (κ3) is 6.86. The van der Waals surface area contributed by atoms with E-state index in [9.17, 15) is 26.7 Å². The van der Waals surface area contributed by atoms with Crippen molar-refractivity contribution in [2.45, 2.75) is 108 Å². The van der Waals surface area contributed by atoms with E-state index in [-0.39, 0.29) is 47.3 Å². The number of benzene rings is 1. The molecular weight excluding hydrogens is 588 g/mol. The molecule has 1 unspecified atom stereocenters. The van der Waals surface area contributed by atoms with Gasteiger partial charge in [0.2, 0.25) is 15.9 Å². The first-order chi connectivity index (χ1) is 20.1. The monoisotopic (exact) mass is 638 g/mol. The van der Waals surface area contributed by atoms with Gasteiger partial charge in [0.25, 0.3) is 10.1 Å². The van der Waals surface area contributed by atoms with Gasteiger partial charge in [-0.3, -0.25) is 9.35 Å². The highest BCUT2D eigenvalue weighted by atomic mass is 32.2. The number of aryl methyl sites for hydroxylation is 1. The van der Waals surface area contributed by atoms with Crippen LogP contribution in [0.1, 0.15) is 90.0 Å². The number of hydrogen-bond donors (Lipinski definition) is 4. The van der Waals surface area contributed by atoms with Gasteiger partial charge >= 0.3 is 0 Å². The summed E-state index contributed by atoms with van der Waals surface area (Å²) in [6.45, 7) is 6.66. The molecule has 4 saturated carbocycles. The van der Waals surface area contributed by atoms with Crippen molar-refractivity contribution in [2.75, 3.05) is 12.3 Å². The SMILES string of the molecule is Cc1ccc(S(=O)(=O)N[C@@H]2CC[C@@]3(C)C(C2)C[C@H](O)[C@H]2[C@@H]4CC[C@H](CCCC(=O)NCCS(=O)(=O)O)[C@@]4(C)CC[C@@H]23)cc1. The van der Waals surface area contributed by atoms with Crippen molar-refractivity contribution < 1.29 is 31.3 Å². The molecule has 1 aromatic carbocycles. The number of aliphatic hydroxyl groups excluding tert-OH is 1. The molecule has 0 spiro atoms. The maximum absolute atomic E-state index is 13.1.